The summed E-state index contributed by atoms with van der Waals surface area (Å²) in [7, 11) is -9.82. The van der Waals surface area contributed by atoms with Crippen LogP contribution in [-0.4, -0.2) is 95.9 Å². The number of aliphatic hydroxyl groups excluding tert-OH is 2. The summed E-state index contributed by atoms with van der Waals surface area (Å²) in [5, 5.41) is 20.8. The fourth-order valence-electron chi connectivity index (χ4n) is 12.8. The number of carbonyl (C=O) groups excluding carboxylic acids is 3. The van der Waals surface area contributed by atoms with Gasteiger partial charge in [-0.15, -0.1) is 0 Å². The number of hydrogen-bond acceptors (Lipinski definition) is 14. The van der Waals surface area contributed by atoms with Gasteiger partial charge in [-0.2, -0.15) is 0 Å². The van der Waals surface area contributed by atoms with E-state index in [2.05, 4.69) is 191 Å². The third-order valence-electron chi connectivity index (χ3n) is 19.9. The van der Waals surface area contributed by atoms with Gasteiger partial charge in [0.2, 0.25) is 0 Å². The number of ether oxygens (including phenoxy) is 3. The van der Waals surface area contributed by atoms with Gasteiger partial charge in [-0.1, -0.05) is 390 Å². The van der Waals surface area contributed by atoms with E-state index in [9.17, 15) is 43.5 Å². The number of hydrogen-bond donors (Lipinski definition) is 4. The van der Waals surface area contributed by atoms with Crippen molar-refractivity contribution in [2.24, 2.45) is 0 Å². The zero-order valence-corrected chi connectivity index (χ0v) is 77.0. The minimum atomic E-state index is -4.95. The smallest absolute Gasteiger partial charge is 0.463 e. The number of phosphoric acid groups is 2. The van der Waals surface area contributed by atoms with Crippen molar-refractivity contribution >= 4 is 33.6 Å². The molecule has 0 aliphatic carbocycles. The Morgan fingerprint density at radius 3 is 0.706 bits per heavy atom. The van der Waals surface area contributed by atoms with Gasteiger partial charge in [0.1, 0.15) is 25.4 Å². The molecule has 0 bridgehead atoms. The number of allylic oxidation sites excluding steroid dienone is 28. The van der Waals surface area contributed by atoms with E-state index >= 15 is 0 Å². The van der Waals surface area contributed by atoms with Crippen molar-refractivity contribution in [1.29, 1.82) is 0 Å². The van der Waals surface area contributed by atoms with Crippen molar-refractivity contribution in [3.8, 4) is 0 Å². The average molecular weight is 1700 g/mol. The van der Waals surface area contributed by atoms with E-state index in [1.54, 1.807) is 0 Å². The Labute approximate surface area is 726 Å². The zero-order valence-electron chi connectivity index (χ0n) is 75.2. The first-order valence-electron chi connectivity index (χ1n) is 47.4. The highest BCUT2D eigenvalue weighted by Crippen LogP contribution is 2.45. The number of rotatable bonds is 89. The Morgan fingerprint density at radius 1 is 0.244 bits per heavy atom. The minimum absolute atomic E-state index is 0.0781. The van der Waals surface area contributed by atoms with Crippen LogP contribution in [0.5, 0.6) is 0 Å². The van der Waals surface area contributed by atoms with E-state index in [-0.39, 0.29) is 19.3 Å². The summed E-state index contributed by atoms with van der Waals surface area (Å²) < 4.78 is 61.5. The first-order valence-corrected chi connectivity index (χ1v) is 50.4. The highest BCUT2D eigenvalue weighted by atomic mass is 31.2. The monoisotopic (exact) mass is 1700 g/mol. The van der Waals surface area contributed by atoms with E-state index in [0.29, 0.717) is 19.3 Å². The van der Waals surface area contributed by atoms with Crippen LogP contribution < -0.4 is 0 Å². The van der Waals surface area contributed by atoms with Crippen LogP contribution in [0.3, 0.4) is 0 Å². The molecule has 0 rings (SSSR count). The lowest BCUT2D eigenvalue weighted by Crippen LogP contribution is -2.30. The fraction of sp³-hybridized carbons (Fsp3) is 0.693. The van der Waals surface area contributed by atoms with E-state index in [4.69, 9.17) is 32.3 Å². The maximum absolute atomic E-state index is 13.1. The summed E-state index contributed by atoms with van der Waals surface area (Å²) in [6.07, 6.45) is 120. The number of esters is 3. The predicted molar refractivity (Wildman–Crippen MR) is 500 cm³/mol. The SMILES string of the molecule is CC/C=C\C/C=C\C/C=C\C/C=C\C/C=C\CCCCCCCCCCCCCCCC(=O)OCC(COP(=O)(O)OCC(O)COP(=O)(O)OCC(O)COC(=O)CCCCCCCCCCCCCCCCCCC/C=C\C/C=C\C/C=C\C/C=C\CCCCC)OC(=O)CCCCCCC/C=C\C/C=C\C/C=C\C/C=C\C/C=C\CC. The Bertz CT molecular complexity index is 2840. The summed E-state index contributed by atoms with van der Waals surface area (Å²) in [4.78, 5) is 59.0. The maximum Gasteiger partial charge on any atom is 0.472 e. The number of unbranched alkanes of at least 4 members (excludes halogenated alkanes) is 38. The molecule has 16 nitrogen and oxygen atoms in total. The van der Waals surface area contributed by atoms with Gasteiger partial charge in [-0.25, -0.2) is 9.13 Å². The average Bonchev–Trinajstić information content (AvgIpc) is 0.903. The molecule has 5 unspecified atom stereocenters. The predicted octanol–water partition coefficient (Wildman–Crippen LogP) is 29.4. The molecule has 18 heteroatoms. The van der Waals surface area contributed by atoms with Crippen LogP contribution in [0, 0.1) is 0 Å². The number of carbonyl (C=O) groups is 3. The lowest BCUT2D eigenvalue weighted by atomic mass is 10.0. The summed E-state index contributed by atoms with van der Waals surface area (Å²) >= 11 is 0. The molecule has 5 atom stereocenters. The number of phosphoric ester groups is 2. The van der Waals surface area contributed by atoms with E-state index in [1.165, 1.54) is 167 Å². The van der Waals surface area contributed by atoms with Crippen molar-refractivity contribution in [3.63, 3.8) is 0 Å². The van der Waals surface area contributed by atoms with E-state index < -0.39 is 91.5 Å². The van der Waals surface area contributed by atoms with Crippen LogP contribution >= 0.6 is 15.6 Å². The third kappa shape index (κ3) is 93.5. The molecule has 682 valence electrons. The van der Waals surface area contributed by atoms with Gasteiger partial charge >= 0.3 is 33.6 Å². The standard InChI is InChI=1S/C101H172O16P2/c1-4-7-10-13-16-19-22-25-28-31-34-37-39-41-43-45-46-47-48-50-52-53-55-58-60-63-66-69-72-75-78-81-84-87-99(104)111-90-96(102)91-113-118(107,108)114-92-97(103)93-115-119(109,110)116-95-98(117-101(106)89-86-83-80-77-74-71-68-65-62-57-36-33-30-27-24-21-18-15-12-9-6-3)94-112-100(105)88-85-82-79-76-73-70-67-64-61-59-56-54-51-49-44-42-40-38-35-32-29-26-23-20-17-14-11-8-5-2/h8-9,11-12,16-21,25-30,34-38,41-44,57,65,68,96-98,102-103H,4-7,10,13-15,22-24,31-33,39-40,45-56,58-64,66-67,69-95H2,1-3H3,(H,107,108)(H,109,110)/b11-8-,12-9-,19-16-,20-17-,21-18-,28-25-,29-26-,30-27-,37-34-,38-35-,43-41-,44-42-,57-36-,68-65-. The molecule has 0 radical (unpaired) electrons. The Hall–Kier alpha value is -5.09. The molecular formula is C101H172O16P2. The summed E-state index contributed by atoms with van der Waals surface area (Å²) in [5.41, 5.74) is 0. The second-order valence-corrected chi connectivity index (χ2v) is 34.3. The van der Waals surface area contributed by atoms with E-state index in [1.807, 2.05) is 0 Å². The van der Waals surface area contributed by atoms with Crippen LogP contribution in [0.1, 0.15) is 393 Å². The molecule has 0 fully saturated rings. The molecule has 0 saturated carbocycles. The van der Waals surface area contributed by atoms with Gasteiger partial charge in [0, 0.05) is 19.3 Å². The van der Waals surface area contributed by atoms with Gasteiger partial charge in [-0.05, 0) is 154 Å². The quantitative estimate of drug-likeness (QED) is 0.0146. The van der Waals surface area contributed by atoms with Gasteiger partial charge in [0.05, 0.1) is 26.4 Å². The first-order chi connectivity index (χ1) is 58.2. The Balaban J connectivity index is 4.57. The number of aliphatic hydroxyl groups is 2. The molecule has 0 heterocycles. The molecule has 0 amide bonds. The van der Waals surface area contributed by atoms with Gasteiger partial charge in [0.25, 0.3) is 0 Å². The van der Waals surface area contributed by atoms with Gasteiger partial charge < -0.3 is 34.2 Å². The Kier molecular flexibility index (Phi) is 88.2. The van der Waals surface area contributed by atoms with E-state index in [0.717, 1.165) is 167 Å². The molecule has 119 heavy (non-hydrogen) atoms. The van der Waals surface area contributed by atoms with Crippen LogP contribution in [0.4, 0.5) is 0 Å². The molecule has 0 spiro atoms. The summed E-state index contributed by atoms with van der Waals surface area (Å²) in [6.45, 7) is 2.45. The van der Waals surface area contributed by atoms with Crippen molar-refractivity contribution in [2.45, 2.75) is 411 Å². The minimum Gasteiger partial charge on any atom is -0.463 e. The van der Waals surface area contributed by atoms with Crippen molar-refractivity contribution < 1.29 is 75.8 Å². The molecule has 0 aromatic carbocycles. The van der Waals surface area contributed by atoms with Crippen molar-refractivity contribution in [2.75, 3.05) is 39.6 Å². The van der Waals surface area contributed by atoms with Crippen LogP contribution in [-0.2, 0) is 55.8 Å². The van der Waals surface area contributed by atoms with Crippen LogP contribution in [0.15, 0.2) is 170 Å². The second kappa shape index (κ2) is 92.1. The molecule has 0 aliphatic heterocycles. The zero-order chi connectivity index (χ0) is 86.5. The Morgan fingerprint density at radius 2 is 0.445 bits per heavy atom. The fourth-order valence-corrected chi connectivity index (χ4v) is 14.4. The van der Waals surface area contributed by atoms with Crippen molar-refractivity contribution in [3.05, 3.63) is 170 Å². The topological polar surface area (TPSA) is 231 Å². The summed E-state index contributed by atoms with van der Waals surface area (Å²) in [5.74, 6) is -1.59. The van der Waals surface area contributed by atoms with Gasteiger partial charge in [-0.3, -0.25) is 32.5 Å². The highest BCUT2D eigenvalue weighted by Gasteiger charge is 2.30. The second-order valence-electron chi connectivity index (χ2n) is 31.4. The lowest BCUT2D eigenvalue weighted by molar-refractivity contribution is -0.161. The lowest BCUT2D eigenvalue weighted by Gasteiger charge is -2.21. The molecule has 0 aliphatic rings. The largest absolute Gasteiger partial charge is 0.472 e. The maximum atomic E-state index is 13.1. The molecule has 4 N–H and O–H groups in total. The normalized spacial score (nSPS) is 14.5. The summed E-state index contributed by atoms with van der Waals surface area (Å²) in [6, 6.07) is 0. The highest BCUT2D eigenvalue weighted by molar-refractivity contribution is 7.47. The van der Waals surface area contributed by atoms with Crippen LogP contribution in [0.2, 0.25) is 0 Å². The molecule has 0 aromatic rings. The third-order valence-corrected chi connectivity index (χ3v) is 21.8. The first kappa shape index (κ1) is 114. The van der Waals surface area contributed by atoms with Crippen LogP contribution in [0.25, 0.3) is 0 Å². The van der Waals surface area contributed by atoms with Crippen molar-refractivity contribution in [1.82, 2.24) is 0 Å². The van der Waals surface area contributed by atoms with Gasteiger partial charge in [0.15, 0.2) is 6.10 Å². The molecule has 0 aromatic heterocycles. The molecule has 0 saturated heterocycles. The molecular weight excluding hydrogens is 1530 g/mol.